The summed E-state index contributed by atoms with van der Waals surface area (Å²) >= 11 is 6.17. The van der Waals surface area contributed by atoms with Crippen LogP contribution in [0.3, 0.4) is 0 Å². The van der Waals surface area contributed by atoms with Crippen LogP contribution in [0.25, 0.3) is 16.6 Å². The van der Waals surface area contributed by atoms with Gasteiger partial charge in [0.2, 0.25) is 0 Å². The van der Waals surface area contributed by atoms with Crippen LogP contribution in [0.4, 0.5) is 4.39 Å². The number of allylic oxidation sites excluding steroid dienone is 1. The van der Waals surface area contributed by atoms with E-state index in [0.717, 1.165) is 0 Å². The number of H-pyrrole nitrogens is 1. The molecular formula is C15H13ClFN5O2. The predicted molar refractivity (Wildman–Crippen MR) is 88.4 cm³/mol. The molecule has 2 heterocycles. The highest BCUT2D eigenvalue weighted by Gasteiger charge is 2.30. The number of carbonyl (C=O) groups is 1. The van der Waals surface area contributed by atoms with Crippen LogP contribution in [-0.2, 0) is 4.79 Å². The molecule has 124 valence electrons. The third-order valence-electron chi connectivity index (χ3n) is 3.46. The zero-order valence-corrected chi connectivity index (χ0v) is 13.5. The summed E-state index contributed by atoms with van der Waals surface area (Å²) in [5.41, 5.74) is 0.553. The average molecular weight is 350 g/mol. The van der Waals surface area contributed by atoms with E-state index in [9.17, 15) is 9.18 Å². The fourth-order valence-corrected chi connectivity index (χ4v) is 2.62. The minimum absolute atomic E-state index is 0.0236. The van der Waals surface area contributed by atoms with Crippen LogP contribution in [0.5, 0.6) is 5.75 Å². The maximum Gasteiger partial charge on any atom is 0.261 e. The first kappa shape index (κ1) is 16.0. The molecule has 1 aromatic heterocycles. The van der Waals surface area contributed by atoms with Gasteiger partial charge in [-0.3, -0.25) is 10.2 Å². The number of hydrogen-bond donors (Lipinski definition) is 4. The van der Waals surface area contributed by atoms with Crippen molar-refractivity contribution in [1.29, 1.82) is 5.41 Å². The van der Waals surface area contributed by atoms with Crippen LogP contribution in [0.15, 0.2) is 29.1 Å². The molecule has 0 saturated heterocycles. The molecule has 0 aliphatic carbocycles. The fourth-order valence-electron chi connectivity index (χ4n) is 2.34. The number of methoxy groups -OCH3 is 1. The Labute approximate surface area is 141 Å². The lowest BCUT2D eigenvalue weighted by Crippen LogP contribution is -2.35. The Morgan fingerprint density at radius 3 is 2.88 bits per heavy atom. The highest BCUT2D eigenvalue weighted by molar-refractivity contribution is 6.54. The Morgan fingerprint density at radius 1 is 1.46 bits per heavy atom. The molecule has 2 aromatic rings. The number of nitrogens with zero attached hydrogens (tertiary/aromatic N) is 1. The summed E-state index contributed by atoms with van der Waals surface area (Å²) in [6.45, 7) is 0. The smallest absolute Gasteiger partial charge is 0.261 e. The van der Waals surface area contributed by atoms with Crippen LogP contribution in [0, 0.1) is 11.2 Å². The van der Waals surface area contributed by atoms with Crippen molar-refractivity contribution >= 4 is 39.8 Å². The predicted octanol–water partition coefficient (Wildman–Crippen LogP) is 1.87. The minimum atomic E-state index is -0.592. The first-order valence-electron chi connectivity index (χ1n) is 6.87. The monoisotopic (exact) mass is 349 g/mol. The van der Waals surface area contributed by atoms with E-state index in [0.29, 0.717) is 11.3 Å². The van der Waals surface area contributed by atoms with E-state index in [4.69, 9.17) is 21.7 Å². The third kappa shape index (κ3) is 2.50. The lowest BCUT2D eigenvalue weighted by Gasteiger charge is -2.19. The molecular weight excluding hydrogens is 337 g/mol. The number of aromatic nitrogens is 2. The van der Waals surface area contributed by atoms with Crippen molar-refractivity contribution in [3.8, 4) is 5.75 Å². The van der Waals surface area contributed by atoms with Crippen LogP contribution in [0.1, 0.15) is 5.82 Å². The summed E-state index contributed by atoms with van der Waals surface area (Å²) in [6, 6.07) is 2.75. The summed E-state index contributed by atoms with van der Waals surface area (Å²) in [5, 5.41) is 13.2. The van der Waals surface area contributed by atoms with Gasteiger partial charge in [-0.05, 0) is 0 Å². The largest absolute Gasteiger partial charge is 0.497 e. The SMILES string of the molecule is CN/C=C1/NC(=O)C(c2nc3c(F)cc(OC)cc3[nH]2)=C(Cl)C1=N. The lowest BCUT2D eigenvalue weighted by molar-refractivity contribution is -0.115. The van der Waals surface area contributed by atoms with E-state index in [-0.39, 0.29) is 33.4 Å². The molecule has 24 heavy (non-hydrogen) atoms. The van der Waals surface area contributed by atoms with Crippen LogP contribution in [0.2, 0.25) is 0 Å². The van der Waals surface area contributed by atoms with Gasteiger partial charge in [-0.2, -0.15) is 0 Å². The number of ether oxygens (including phenoxy) is 1. The zero-order valence-electron chi connectivity index (χ0n) is 12.8. The summed E-state index contributed by atoms with van der Waals surface area (Å²) < 4.78 is 19.1. The number of aromatic amines is 1. The molecule has 0 unspecified atom stereocenters. The van der Waals surface area contributed by atoms with Crippen LogP contribution < -0.4 is 15.4 Å². The van der Waals surface area contributed by atoms with E-state index in [1.54, 1.807) is 13.1 Å². The first-order chi connectivity index (χ1) is 11.5. The average Bonchev–Trinajstić information content (AvgIpc) is 2.96. The molecule has 0 saturated carbocycles. The number of amides is 1. The molecule has 0 bridgehead atoms. The second-order valence-corrected chi connectivity index (χ2v) is 5.33. The highest BCUT2D eigenvalue weighted by atomic mass is 35.5. The Kier molecular flexibility index (Phi) is 3.98. The Hall–Kier alpha value is -2.87. The van der Waals surface area contributed by atoms with Crippen molar-refractivity contribution in [2.75, 3.05) is 14.2 Å². The molecule has 0 spiro atoms. The zero-order chi connectivity index (χ0) is 17.4. The van der Waals surface area contributed by atoms with Gasteiger partial charge in [0.05, 0.1) is 29.1 Å². The number of halogens is 2. The normalized spacial score (nSPS) is 16.8. The Morgan fingerprint density at radius 2 is 2.21 bits per heavy atom. The fraction of sp³-hybridized carbons (Fsp3) is 0.133. The number of benzene rings is 1. The van der Waals surface area contributed by atoms with E-state index < -0.39 is 11.7 Å². The summed E-state index contributed by atoms with van der Waals surface area (Å²) in [5.74, 6) is -0.738. The van der Waals surface area contributed by atoms with E-state index in [1.165, 1.54) is 19.4 Å². The molecule has 3 rings (SSSR count). The second kappa shape index (κ2) is 5.97. The number of imidazole rings is 1. The van der Waals surface area contributed by atoms with Crippen molar-refractivity contribution in [1.82, 2.24) is 20.6 Å². The number of hydrogen-bond acceptors (Lipinski definition) is 5. The van der Waals surface area contributed by atoms with Gasteiger partial charge in [0, 0.05) is 25.4 Å². The molecule has 1 amide bonds. The topological polar surface area (TPSA) is 103 Å². The Balaban J connectivity index is 2.16. The number of fused-ring (bicyclic) bond motifs is 1. The van der Waals surface area contributed by atoms with Crippen molar-refractivity contribution < 1.29 is 13.9 Å². The number of rotatable bonds is 3. The van der Waals surface area contributed by atoms with Gasteiger partial charge in [-0.25, -0.2) is 9.37 Å². The third-order valence-corrected chi connectivity index (χ3v) is 3.84. The van der Waals surface area contributed by atoms with Gasteiger partial charge in [-0.1, -0.05) is 11.6 Å². The number of carbonyl (C=O) groups excluding carboxylic acids is 1. The lowest BCUT2D eigenvalue weighted by atomic mass is 10.1. The van der Waals surface area contributed by atoms with Gasteiger partial charge in [0.1, 0.15) is 22.7 Å². The molecule has 9 heteroatoms. The highest BCUT2D eigenvalue weighted by Crippen LogP contribution is 2.30. The first-order valence-corrected chi connectivity index (χ1v) is 7.25. The van der Waals surface area contributed by atoms with Gasteiger partial charge in [0.25, 0.3) is 5.91 Å². The second-order valence-electron chi connectivity index (χ2n) is 4.96. The van der Waals surface area contributed by atoms with E-state index >= 15 is 0 Å². The summed E-state index contributed by atoms with van der Waals surface area (Å²) in [4.78, 5) is 19.3. The summed E-state index contributed by atoms with van der Waals surface area (Å²) in [7, 11) is 3.05. The molecule has 7 nitrogen and oxygen atoms in total. The number of nitrogens with one attached hydrogen (secondary N) is 4. The Bertz CT molecular complexity index is 931. The van der Waals surface area contributed by atoms with Gasteiger partial charge < -0.3 is 20.4 Å². The maximum absolute atomic E-state index is 14.1. The molecule has 1 aliphatic rings. The van der Waals surface area contributed by atoms with Crippen molar-refractivity contribution in [2.24, 2.45) is 0 Å². The standard InChI is InChI=1S/C15H13ClFN5O2/c1-19-5-9-12(18)11(16)10(15(23)21-9)14-20-8-4-6(24-2)3-7(17)13(8)22-14/h3-5,18-19H,1-2H3,(H,20,22)(H,21,23)/b9-5+,18-12?. The molecule has 1 aliphatic heterocycles. The maximum atomic E-state index is 14.1. The van der Waals surface area contributed by atoms with Crippen molar-refractivity contribution in [3.05, 3.63) is 40.7 Å². The van der Waals surface area contributed by atoms with Gasteiger partial charge in [0.15, 0.2) is 5.82 Å². The minimum Gasteiger partial charge on any atom is -0.497 e. The molecule has 0 fully saturated rings. The van der Waals surface area contributed by atoms with Crippen LogP contribution in [-0.4, -0.2) is 35.7 Å². The van der Waals surface area contributed by atoms with Crippen LogP contribution >= 0.6 is 11.6 Å². The quantitative estimate of drug-likeness (QED) is 0.679. The van der Waals surface area contributed by atoms with Crippen molar-refractivity contribution in [2.45, 2.75) is 0 Å². The molecule has 1 aromatic carbocycles. The van der Waals surface area contributed by atoms with E-state index in [2.05, 4.69) is 20.6 Å². The molecule has 4 N–H and O–H groups in total. The van der Waals surface area contributed by atoms with Gasteiger partial charge >= 0.3 is 0 Å². The van der Waals surface area contributed by atoms with E-state index in [1.807, 2.05) is 0 Å². The summed E-state index contributed by atoms with van der Waals surface area (Å²) in [6.07, 6.45) is 1.45. The molecule has 0 radical (unpaired) electrons. The molecule has 0 atom stereocenters. The van der Waals surface area contributed by atoms with Crippen molar-refractivity contribution in [3.63, 3.8) is 0 Å². The van der Waals surface area contributed by atoms with Gasteiger partial charge in [-0.15, -0.1) is 0 Å².